The molecule has 1 fully saturated rings. The lowest BCUT2D eigenvalue weighted by atomic mass is 9.94. The second-order valence-corrected chi connectivity index (χ2v) is 8.84. The Morgan fingerprint density at radius 3 is 2.69 bits per heavy atom. The Bertz CT molecular complexity index is 1140. The van der Waals surface area contributed by atoms with Crippen molar-refractivity contribution >= 4 is 22.8 Å². The van der Waals surface area contributed by atoms with Crippen molar-refractivity contribution in [2.45, 2.75) is 50.7 Å². The van der Waals surface area contributed by atoms with Gasteiger partial charge in [-0.1, -0.05) is 48.7 Å². The molecule has 1 aromatic heterocycles. The van der Waals surface area contributed by atoms with Gasteiger partial charge < -0.3 is 19.7 Å². The van der Waals surface area contributed by atoms with Gasteiger partial charge in [-0.15, -0.1) is 5.10 Å². The lowest BCUT2D eigenvalue weighted by Crippen LogP contribution is -2.48. The third kappa shape index (κ3) is 5.97. The molecule has 186 valence electrons. The van der Waals surface area contributed by atoms with E-state index in [0.717, 1.165) is 31.2 Å². The third-order valence-corrected chi connectivity index (χ3v) is 6.48. The van der Waals surface area contributed by atoms with E-state index in [1.54, 1.807) is 23.8 Å². The maximum Gasteiger partial charge on any atom is 0.247 e. The fourth-order valence-corrected chi connectivity index (χ4v) is 4.65. The molecule has 1 N–H and O–H groups in total. The highest BCUT2D eigenvalue weighted by atomic mass is 16.5. The highest BCUT2D eigenvalue weighted by Crippen LogP contribution is 2.27. The molecule has 2 aromatic carbocycles. The van der Waals surface area contributed by atoms with Crippen molar-refractivity contribution in [1.82, 2.24) is 25.2 Å². The van der Waals surface area contributed by atoms with Crippen LogP contribution >= 0.6 is 0 Å². The summed E-state index contributed by atoms with van der Waals surface area (Å²) in [7, 11) is 3.16. The van der Waals surface area contributed by atoms with Gasteiger partial charge in [0.1, 0.15) is 23.9 Å². The minimum absolute atomic E-state index is 0.0403. The van der Waals surface area contributed by atoms with Gasteiger partial charge in [0.15, 0.2) is 0 Å². The summed E-state index contributed by atoms with van der Waals surface area (Å²) in [6.07, 6.45) is 5.29. The largest absolute Gasteiger partial charge is 0.497 e. The summed E-state index contributed by atoms with van der Waals surface area (Å²) in [5.74, 6) is 0.182. The van der Waals surface area contributed by atoms with Gasteiger partial charge in [-0.25, -0.2) is 4.68 Å². The van der Waals surface area contributed by atoms with E-state index in [2.05, 4.69) is 15.6 Å². The predicted molar refractivity (Wildman–Crippen MR) is 132 cm³/mol. The van der Waals surface area contributed by atoms with E-state index in [1.807, 2.05) is 48.5 Å². The van der Waals surface area contributed by atoms with E-state index < -0.39 is 6.04 Å². The molecule has 1 unspecified atom stereocenters. The summed E-state index contributed by atoms with van der Waals surface area (Å²) < 4.78 is 12.3. The molecule has 1 aliphatic carbocycles. The standard InChI is InChI=1S/C26H33N5O4/c1-34-16-15-30(24(32)18-31-23-14-7-6-13-22(23)28-29-31)25(19-9-8-12-21(17-19)35-2)26(33)27-20-10-4-3-5-11-20/h6-9,12-14,17,20,25H,3-5,10-11,15-16,18H2,1-2H3,(H,27,33). The summed E-state index contributed by atoms with van der Waals surface area (Å²) in [6, 6.07) is 14.1. The fraction of sp³-hybridized carbons (Fsp3) is 0.462. The van der Waals surface area contributed by atoms with Crippen LogP contribution in [0, 0.1) is 0 Å². The number of nitrogens with zero attached hydrogens (tertiary/aromatic N) is 4. The van der Waals surface area contributed by atoms with Crippen LogP contribution in [0.2, 0.25) is 0 Å². The minimum Gasteiger partial charge on any atom is -0.497 e. The van der Waals surface area contributed by atoms with Gasteiger partial charge in [-0.3, -0.25) is 9.59 Å². The molecule has 9 nitrogen and oxygen atoms in total. The average Bonchev–Trinajstić information content (AvgIpc) is 3.29. The van der Waals surface area contributed by atoms with Crippen molar-refractivity contribution in [2.24, 2.45) is 0 Å². The molecule has 2 amide bonds. The molecule has 35 heavy (non-hydrogen) atoms. The molecule has 0 spiro atoms. The molecular weight excluding hydrogens is 446 g/mol. The number of benzene rings is 2. The number of methoxy groups -OCH3 is 2. The van der Waals surface area contributed by atoms with Crippen LogP contribution < -0.4 is 10.1 Å². The van der Waals surface area contributed by atoms with Crippen LogP contribution in [0.3, 0.4) is 0 Å². The first-order chi connectivity index (χ1) is 17.1. The van der Waals surface area contributed by atoms with Gasteiger partial charge >= 0.3 is 0 Å². The monoisotopic (exact) mass is 479 g/mol. The predicted octanol–water partition coefficient (Wildman–Crippen LogP) is 3.11. The van der Waals surface area contributed by atoms with Crippen molar-refractivity contribution in [3.8, 4) is 5.75 Å². The zero-order valence-electron chi connectivity index (χ0n) is 20.4. The van der Waals surface area contributed by atoms with Crippen molar-refractivity contribution < 1.29 is 19.1 Å². The Morgan fingerprint density at radius 1 is 1.11 bits per heavy atom. The topological polar surface area (TPSA) is 98.6 Å². The van der Waals surface area contributed by atoms with E-state index in [4.69, 9.17) is 9.47 Å². The molecule has 0 saturated heterocycles. The van der Waals surface area contributed by atoms with Gasteiger partial charge in [-0.2, -0.15) is 0 Å². The van der Waals surface area contributed by atoms with Crippen molar-refractivity contribution in [2.75, 3.05) is 27.4 Å². The van der Waals surface area contributed by atoms with Crippen molar-refractivity contribution in [3.63, 3.8) is 0 Å². The van der Waals surface area contributed by atoms with Crippen molar-refractivity contribution in [1.29, 1.82) is 0 Å². The Labute approximate surface area is 205 Å². The van der Waals surface area contributed by atoms with Crippen molar-refractivity contribution in [3.05, 3.63) is 54.1 Å². The summed E-state index contributed by atoms with van der Waals surface area (Å²) in [6.45, 7) is 0.504. The number of nitrogens with one attached hydrogen (secondary N) is 1. The Morgan fingerprint density at radius 2 is 1.91 bits per heavy atom. The van der Waals surface area contributed by atoms with Gasteiger partial charge in [0.2, 0.25) is 11.8 Å². The maximum absolute atomic E-state index is 13.7. The van der Waals surface area contributed by atoms with Gasteiger partial charge in [0, 0.05) is 19.7 Å². The minimum atomic E-state index is -0.829. The summed E-state index contributed by atoms with van der Waals surface area (Å²) in [5.41, 5.74) is 2.16. The second-order valence-electron chi connectivity index (χ2n) is 8.84. The van der Waals surface area contributed by atoms with E-state index in [9.17, 15) is 9.59 Å². The molecule has 1 heterocycles. The summed E-state index contributed by atoms with van der Waals surface area (Å²) >= 11 is 0. The number of carbonyl (C=O) groups excluding carboxylic acids is 2. The van der Waals surface area contributed by atoms with Crippen LogP contribution in [0.5, 0.6) is 5.75 Å². The second kappa shape index (κ2) is 11.8. The number of ether oxygens (including phenoxy) is 2. The number of carbonyl (C=O) groups is 2. The van der Waals surface area contributed by atoms with Gasteiger partial charge in [0.25, 0.3) is 0 Å². The SMILES string of the molecule is COCCN(C(=O)Cn1nnc2ccccc21)C(C(=O)NC1CCCCC1)c1cccc(OC)c1. The van der Waals surface area contributed by atoms with Crippen LogP contribution in [-0.4, -0.2) is 65.1 Å². The number of fused-ring (bicyclic) bond motifs is 1. The smallest absolute Gasteiger partial charge is 0.247 e. The lowest BCUT2D eigenvalue weighted by Gasteiger charge is -2.33. The Kier molecular flexibility index (Phi) is 8.31. The molecular formula is C26H33N5O4. The normalized spacial score (nSPS) is 15.0. The highest BCUT2D eigenvalue weighted by Gasteiger charge is 2.33. The number of hydrogen-bond acceptors (Lipinski definition) is 6. The van der Waals surface area contributed by atoms with Crippen LogP contribution in [0.15, 0.2) is 48.5 Å². The van der Waals surface area contributed by atoms with Crippen LogP contribution in [0.4, 0.5) is 0 Å². The Balaban J connectivity index is 1.66. The molecule has 1 aliphatic rings. The van der Waals surface area contributed by atoms with Crippen LogP contribution in [0.1, 0.15) is 43.7 Å². The molecule has 1 saturated carbocycles. The quantitative estimate of drug-likeness (QED) is 0.480. The third-order valence-electron chi connectivity index (χ3n) is 6.48. The average molecular weight is 480 g/mol. The Hall–Kier alpha value is -3.46. The summed E-state index contributed by atoms with van der Waals surface area (Å²) in [5, 5.41) is 11.5. The zero-order valence-corrected chi connectivity index (χ0v) is 20.4. The first kappa shape index (κ1) is 24.7. The van der Waals surface area contributed by atoms with E-state index in [-0.39, 0.29) is 30.9 Å². The first-order valence-corrected chi connectivity index (χ1v) is 12.1. The molecule has 1 atom stereocenters. The molecule has 4 rings (SSSR count). The molecule has 0 aliphatic heterocycles. The summed E-state index contributed by atoms with van der Waals surface area (Å²) in [4.78, 5) is 29.0. The van der Waals surface area contributed by atoms with Gasteiger partial charge in [0.05, 0.1) is 19.2 Å². The highest BCUT2D eigenvalue weighted by molar-refractivity contribution is 5.89. The van der Waals surface area contributed by atoms with E-state index >= 15 is 0 Å². The fourth-order valence-electron chi connectivity index (χ4n) is 4.65. The van der Waals surface area contributed by atoms with Gasteiger partial charge in [-0.05, 0) is 42.7 Å². The number of rotatable bonds is 10. The molecule has 3 aromatic rings. The van der Waals surface area contributed by atoms with E-state index in [1.165, 1.54) is 6.42 Å². The number of amides is 2. The van der Waals surface area contributed by atoms with Crippen LogP contribution in [0.25, 0.3) is 11.0 Å². The first-order valence-electron chi connectivity index (χ1n) is 12.1. The lowest BCUT2D eigenvalue weighted by molar-refractivity contribution is -0.142. The molecule has 0 bridgehead atoms. The molecule has 0 radical (unpaired) electrons. The zero-order chi connectivity index (χ0) is 24.6. The molecule has 9 heteroatoms. The number of hydrogen-bond donors (Lipinski definition) is 1. The number of para-hydroxylation sites is 1. The van der Waals surface area contributed by atoms with Crippen LogP contribution in [-0.2, 0) is 20.9 Å². The maximum atomic E-state index is 13.7. The van der Waals surface area contributed by atoms with E-state index in [0.29, 0.717) is 23.4 Å². The number of aromatic nitrogens is 3.